The Morgan fingerprint density at radius 1 is 1.09 bits per heavy atom. The maximum Gasteiger partial charge on any atom is 0.279 e. The molecule has 1 amide bonds. The number of fused-ring (bicyclic) bond motifs is 1. The van der Waals surface area contributed by atoms with Gasteiger partial charge in [-0.25, -0.2) is 8.42 Å². The van der Waals surface area contributed by atoms with Crippen molar-refractivity contribution in [3.8, 4) is 5.75 Å². The van der Waals surface area contributed by atoms with Gasteiger partial charge in [-0.2, -0.15) is 9.30 Å². The van der Waals surface area contributed by atoms with Gasteiger partial charge in [-0.3, -0.25) is 4.79 Å². The highest BCUT2D eigenvalue weighted by atomic mass is 32.2. The molecule has 0 radical (unpaired) electrons. The quantitative estimate of drug-likeness (QED) is 0.489. The molecule has 3 rings (SSSR count). The maximum absolute atomic E-state index is 12.9. The van der Waals surface area contributed by atoms with E-state index in [1.807, 2.05) is 23.6 Å². The molecule has 9 heteroatoms. The highest BCUT2D eigenvalue weighted by Gasteiger charge is 2.22. The van der Waals surface area contributed by atoms with Gasteiger partial charge < -0.3 is 9.30 Å². The molecule has 0 aliphatic rings. The predicted molar refractivity (Wildman–Crippen MR) is 128 cm³/mol. The van der Waals surface area contributed by atoms with Crippen LogP contribution in [-0.4, -0.2) is 43.4 Å². The van der Waals surface area contributed by atoms with Gasteiger partial charge in [-0.15, -0.1) is 0 Å². The molecule has 0 fully saturated rings. The van der Waals surface area contributed by atoms with Gasteiger partial charge in [0.25, 0.3) is 5.91 Å². The number of methoxy groups -OCH3 is 1. The number of hydrogen-bond donors (Lipinski definition) is 0. The smallest absolute Gasteiger partial charge is 0.279 e. The van der Waals surface area contributed by atoms with E-state index in [9.17, 15) is 13.2 Å². The third-order valence-electron chi connectivity index (χ3n) is 5.29. The zero-order chi connectivity index (χ0) is 23.5. The van der Waals surface area contributed by atoms with Crippen LogP contribution in [0.15, 0.2) is 46.3 Å². The molecule has 3 aromatic rings. The molecule has 2 aromatic carbocycles. The molecule has 0 aliphatic heterocycles. The lowest BCUT2D eigenvalue weighted by atomic mass is 10.2. The first kappa shape index (κ1) is 24.2. The third-order valence-corrected chi connectivity index (χ3v) is 8.57. The van der Waals surface area contributed by atoms with E-state index in [1.165, 1.54) is 39.9 Å². The van der Waals surface area contributed by atoms with Gasteiger partial charge >= 0.3 is 0 Å². The van der Waals surface area contributed by atoms with E-state index in [2.05, 4.69) is 11.9 Å². The lowest BCUT2D eigenvalue weighted by Crippen LogP contribution is -2.30. The van der Waals surface area contributed by atoms with Crippen LogP contribution in [0.5, 0.6) is 5.75 Å². The molecular formula is C23H29N3O4S2. The number of sulfonamides is 1. The molecule has 32 heavy (non-hydrogen) atoms. The first-order valence-electron chi connectivity index (χ1n) is 10.6. The van der Waals surface area contributed by atoms with Crippen molar-refractivity contribution < 1.29 is 17.9 Å². The number of ether oxygens (including phenoxy) is 1. The fraction of sp³-hybridized carbons (Fsp3) is 0.391. The van der Waals surface area contributed by atoms with Crippen LogP contribution in [0.1, 0.15) is 43.1 Å². The summed E-state index contributed by atoms with van der Waals surface area (Å²) in [6.07, 6.45) is 0.877. The number of amides is 1. The molecule has 0 aliphatic carbocycles. The van der Waals surface area contributed by atoms with Gasteiger partial charge in [-0.05, 0) is 49.2 Å². The van der Waals surface area contributed by atoms with Gasteiger partial charge in [0.15, 0.2) is 4.80 Å². The first-order valence-corrected chi connectivity index (χ1v) is 12.9. The number of nitrogens with zero attached hydrogens (tertiary/aromatic N) is 3. The normalized spacial score (nSPS) is 12.6. The average Bonchev–Trinajstić information content (AvgIpc) is 3.14. The molecule has 0 saturated heterocycles. The van der Waals surface area contributed by atoms with E-state index in [0.29, 0.717) is 30.0 Å². The summed E-state index contributed by atoms with van der Waals surface area (Å²) >= 11 is 1.45. The summed E-state index contributed by atoms with van der Waals surface area (Å²) in [5.41, 5.74) is 2.37. The largest absolute Gasteiger partial charge is 0.495 e. The van der Waals surface area contributed by atoms with E-state index in [1.54, 1.807) is 21.0 Å². The number of hydrogen-bond acceptors (Lipinski definition) is 5. The summed E-state index contributed by atoms with van der Waals surface area (Å²) in [4.78, 5) is 18.1. The zero-order valence-electron chi connectivity index (χ0n) is 19.1. The monoisotopic (exact) mass is 475 g/mol. The second-order valence-electron chi connectivity index (χ2n) is 7.33. The highest BCUT2D eigenvalue weighted by molar-refractivity contribution is 7.89. The Balaban J connectivity index is 2.05. The van der Waals surface area contributed by atoms with Gasteiger partial charge in [0.1, 0.15) is 11.3 Å². The number of carbonyl (C=O) groups excluding carboxylic acids is 1. The van der Waals surface area contributed by atoms with Crippen LogP contribution in [-0.2, 0) is 16.6 Å². The first-order chi connectivity index (χ1) is 15.3. The lowest BCUT2D eigenvalue weighted by molar-refractivity contribution is 0.0997. The molecule has 0 spiro atoms. The van der Waals surface area contributed by atoms with E-state index >= 15 is 0 Å². The summed E-state index contributed by atoms with van der Waals surface area (Å²) in [6, 6.07) is 9.89. The number of carbonyl (C=O) groups is 1. The van der Waals surface area contributed by atoms with Crippen molar-refractivity contribution in [2.24, 2.45) is 4.99 Å². The Morgan fingerprint density at radius 3 is 2.31 bits per heavy atom. The zero-order valence-corrected chi connectivity index (χ0v) is 20.7. The molecule has 7 nitrogen and oxygen atoms in total. The van der Waals surface area contributed by atoms with Gasteiger partial charge in [0.2, 0.25) is 10.0 Å². The molecule has 1 heterocycles. The van der Waals surface area contributed by atoms with Crippen LogP contribution in [0, 0.1) is 6.92 Å². The average molecular weight is 476 g/mol. The minimum Gasteiger partial charge on any atom is -0.495 e. The van der Waals surface area contributed by atoms with Gasteiger partial charge in [0.05, 0.1) is 16.7 Å². The van der Waals surface area contributed by atoms with Crippen LogP contribution in [0.4, 0.5) is 0 Å². The van der Waals surface area contributed by atoms with Crippen LogP contribution in [0.2, 0.25) is 0 Å². The SMILES string of the molecule is CCCn1c(=NC(=O)c2ccc(S(=O)(=O)N(CC)CC)cc2)sc2c(C)ccc(OC)c21. The molecular weight excluding hydrogens is 446 g/mol. The molecule has 0 bridgehead atoms. The molecule has 0 N–H and O–H groups in total. The Kier molecular flexibility index (Phi) is 7.53. The summed E-state index contributed by atoms with van der Waals surface area (Å²) in [6.45, 7) is 9.17. The van der Waals surface area contributed by atoms with Crippen LogP contribution >= 0.6 is 11.3 Å². The van der Waals surface area contributed by atoms with Crippen molar-refractivity contribution in [3.63, 3.8) is 0 Å². The molecule has 0 saturated carbocycles. The maximum atomic E-state index is 12.9. The van der Waals surface area contributed by atoms with Crippen LogP contribution in [0.3, 0.4) is 0 Å². The van der Waals surface area contributed by atoms with Crippen molar-refractivity contribution in [1.29, 1.82) is 0 Å². The Hall–Kier alpha value is -2.49. The fourth-order valence-corrected chi connectivity index (χ4v) is 6.19. The Morgan fingerprint density at radius 2 is 1.75 bits per heavy atom. The molecule has 0 atom stereocenters. The molecule has 1 aromatic heterocycles. The molecule has 172 valence electrons. The van der Waals surface area contributed by atoms with E-state index in [4.69, 9.17) is 4.74 Å². The number of rotatable bonds is 8. The molecule has 0 unspecified atom stereocenters. The number of aromatic nitrogens is 1. The third kappa shape index (κ3) is 4.51. The minimum absolute atomic E-state index is 0.168. The lowest BCUT2D eigenvalue weighted by Gasteiger charge is -2.18. The summed E-state index contributed by atoms with van der Waals surface area (Å²) < 4.78 is 35.3. The minimum atomic E-state index is -3.57. The second-order valence-corrected chi connectivity index (χ2v) is 10.2. The van der Waals surface area contributed by atoms with E-state index < -0.39 is 15.9 Å². The van der Waals surface area contributed by atoms with Crippen molar-refractivity contribution >= 4 is 37.5 Å². The summed E-state index contributed by atoms with van der Waals surface area (Å²) in [5.74, 6) is 0.333. The van der Waals surface area contributed by atoms with Crippen LogP contribution in [0.25, 0.3) is 10.2 Å². The number of thiazole rings is 1. The standard InChI is InChI=1S/C23H29N3O4S2/c1-6-15-26-20-19(30-5)14-9-16(4)21(20)31-23(26)24-22(27)17-10-12-18(13-11-17)32(28,29)25(7-2)8-3/h9-14H,6-8,15H2,1-5H3. The second kappa shape index (κ2) is 9.97. The number of aryl methyl sites for hydroxylation is 2. The van der Waals surface area contributed by atoms with Gasteiger partial charge in [-0.1, -0.05) is 38.2 Å². The Labute approximate surface area is 193 Å². The van der Waals surface area contributed by atoms with Crippen molar-refractivity contribution in [2.75, 3.05) is 20.2 Å². The summed E-state index contributed by atoms with van der Waals surface area (Å²) in [5, 5.41) is 0. The van der Waals surface area contributed by atoms with E-state index in [0.717, 1.165) is 28.0 Å². The predicted octanol–water partition coefficient (Wildman–Crippen LogP) is 4.20. The van der Waals surface area contributed by atoms with Crippen molar-refractivity contribution in [1.82, 2.24) is 8.87 Å². The van der Waals surface area contributed by atoms with E-state index in [-0.39, 0.29) is 4.90 Å². The van der Waals surface area contributed by atoms with Crippen molar-refractivity contribution in [2.45, 2.75) is 45.6 Å². The van der Waals surface area contributed by atoms with Crippen LogP contribution < -0.4 is 9.54 Å². The van der Waals surface area contributed by atoms with Gasteiger partial charge in [0, 0.05) is 25.2 Å². The van der Waals surface area contributed by atoms with Crippen molar-refractivity contribution in [3.05, 3.63) is 52.3 Å². The highest BCUT2D eigenvalue weighted by Crippen LogP contribution is 2.30. The fourth-order valence-electron chi connectivity index (χ4n) is 3.59. The Bertz CT molecular complexity index is 1290. The summed E-state index contributed by atoms with van der Waals surface area (Å²) in [7, 11) is -1.94. The topological polar surface area (TPSA) is 81.0 Å². The number of benzene rings is 2.